The van der Waals surface area contributed by atoms with Gasteiger partial charge in [0.25, 0.3) is 0 Å². The summed E-state index contributed by atoms with van der Waals surface area (Å²) < 4.78 is 11.5. The summed E-state index contributed by atoms with van der Waals surface area (Å²) in [6.07, 6.45) is 3.69. The lowest BCUT2D eigenvalue weighted by atomic mass is 10.1. The van der Waals surface area contributed by atoms with E-state index in [9.17, 15) is 0 Å². The predicted octanol–water partition coefficient (Wildman–Crippen LogP) is 4.70. The lowest BCUT2D eigenvalue weighted by molar-refractivity contribution is 0.297. The number of hydrogen-bond donors (Lipinski definition) is 2. The molecule has 0 saturated heterocycles. The Labute approximate surface area is 167 Å². The number of ether oxygens (including phenoxy) is 2. The van der Waals surface area contributed by atoms with Gasteiger partial charge < -0.3 is 20.2 Å². The van der Waals surface area contributed by atoms with Crippen LogP contribution < -0.4 is 15.2 Å². The van der Waals surface area contributed by atoms with Crippen molar-refractivity contribution in [2.45, 2.75) is 18.9 Å². The first kappa shape index (κ1) is 17.3. The van der Waals surface area contributed by atoms with E-state index in [4.69, 9.17) is 20.2 Å². The van der Waals surface area contributed by atoms with Crippen molar-refractivity contribution in [3.8, 4) is 22.8 Å². The number of benzene rings is 2. The zero-order chi connectivity index (χ0) is 18.9. The number of nitrogens with one attached hydrogen (secondary N) is 1. The third-order valence-corrected chi connectivity index (χ3v) is 5.97. The molecule has 0 aliphatic carbocycles. The highest BCUT2D eigenvalue weighted by Crippen LogP contribution is 2.35. The third-order valence-electron chi connectivity index (χ3n) is 5.00. The molecule has 2 aromatic carbocycles. The molecule has 28 heavy (non-hydrogen) atoms. The lowest BCUT2D eigenvalue weighted by Crippen LogP contribution is -2.12. The van der Waals surface area contributed by atoms with Crippen molar-refractivity contribution in [2.75, 3.05) is 13.2 Å². The summed E-state index contributed by atoms with van der Waals surface area (Å²) in [5.74, 6) is 1.58. The average molecular weight is 391 g/mol. The van der Waals surface area contributed by atoms with Crippen molar-refractivity contribution in [3.63, 3.8) is 0 Å². The van der Waals surface area contributed by atoms with Gasteiger partial charge in [0.1, 0.15) is 5.01 Å². The van der Waals surface area contributed by atoms with Crippen LogP contribution in [0, 0.1) is 0 Å². The second-order valence-corrected chi connectivity index (χ2v) is 7.84. The van der Waals surface area contributed by atoms with Gasteiger partial charge in [0, 0.05) is 34.5 Å². The summed E-state index contributed by atoms with van der Waals surface area (Å²) in [4.78, 5) is 8.11. The monoisotopic (exact) mass is 391 g/mol. The molecule has 5 rings (SSSR count). The van der Waals surface area contributed by atoms with E-state index in [1.165, 1.54) is 10.9 Å². The molecular weight excluding hydrogens is 370 g/mol. The molecule has 3 heterocycles. The molecule has 1 atom stereocenters. The summed E-state index contributed by atoms with van der Waals surface area (Å²) in [5.41, 5.74) is 10.8. The zero-order valence-corrected chi connectivity index (χ0v) is 16.2. The fourth-order valence-electron chi connectivity index (χ4n) is 3.54. The van der Waals surface area contributed by atoms with Gasteiger partial charge in [-0.05, 0) is 36.2 Å². The maximum absolute atomic E-state index is 6.49. The Morgan fingerprint density at radius 2 is 1.96 bits per heavy atom. The van der Waals surface area contributed by atoms with Crippen molar-refractivity contribution in [1.29, 1.82) is 0 Å². The van der Waals surface area contributed by atoms with Gasteiger partial charge in [-0.25, -0.2) is 4.98 Å². The van der Waals surface area contributed by atoms with Crippen LogP contribution >= 0.6 is 11.3 Å². The standard InChI is InChI=1S/C22H21N3O2S/c23-17(10-15-12-24-18-5-2-1-4-16(15)18)22-25-19(13-28-22)14-6-7-20-21(11-14)27-9-3-8-26-20/h1-2,4-7,11-13,17,24H,3,8-10,23H2. The van der Waals surface area contributed by atoms with Gasteiger partial charge in [-0.1, -0.05) is 18.2 Å². The Morgan fingerprint density at radius 3 is 2.89 bits per heavy atom. The first-order valence-electron chi connectivity index (χ1n) is 9.44. The molecule has 5 nitrogen and oxygen atoms in total. The number of H-pyrrole nitrogens is 1. The van der Waals surface area contributed by atoms with E-state index < -0.39 is 0 Å². The molecule has 0 fully saturated rings. The molecule has 0 bridgehead atoms. The molecule has 0 spiro atoms. The number of hydrogen-bond acceptors (Lipinski definition) is 5. The number of nitrogens with zero attached hydrogens (tertiary/aromatic N) is 1. The van der Waals surface area contributed by atoms with Crippen LogP contribution in [0.3, 0.4) is 0 Å². The topological polar surface area (TPSA) is 73.2 Å². The quantitative estimate of drug-likeness (QED) is 0.529. The van der Waals surface area contributed by atoms with Crippen molar-refractivity contribution in [1.82, 2.24) is 9.97 Å². The Bertz CT molecular complexity index is 1120. The minimum absolute atomic E-state index is 0.140. The van der Waals surface area contributed by atoms with Crippen molar-refractivity contribution >= 4 is 22.2 Å². The van der Waals surface area contributed by atoms with Gasteiger partial charge in [0.15, 0.2) is 11.5 Å². The van der Waals surface area contributed by atoms with E-state index in [0.717, 1.165) is 46.1 Å². The van der Waals surface area contributed by atoms with Crippen LogP contribution in [0.1, 0.15) is 23.0 Å². The fourth-order valence-corrected chi connectivity index (χ4v) is 4.37. The van der Waals surface area contributed by atoms with Crippen molar-refractivity contribution < 1.29 is 9.47 Å². The van der Waals surface area contributed by atoms with Crippen molar-refractivity contribution in [2.24, 2.45) is 5.73 Å². The maximum Gasteiger partial charge on any atom is 0.161 e. The van der Waals surface area contributed by atoms with Crippen LogP contribution in [0.4, 0.5) is 0 Å². The minimum Gasteiger partial charge on any atom is -0.490 e. The summed E-state index contributed by atoms with van der Waals surface area (Å²) in [6, 6.07) is 14.1. The molecule has 4 aromatic rings. The number of nitrogens with two attached hydrogens (primary N) is 1. The number of para-hydroxylation sites is 1. The molecule has 2 aromatic heterocycles. The summed E-state index contributed by atoms with van der Waals surface area (Å²) in [6.45, 7) is 1.37. The fraction of sp³-hybridized carbons (Fsp3) is 0.227. The minimum atomic E-state index is -0.140. The van der Waals surface area contributed by atoms with Crippen LogP contribution in [-0.2, 0) is 6.42 Å². The largest absolute Gasteiger partial charge is 0.490 e. The van der Waals surface area contributed by atoms with Crippen LogP contribution in [-0.4, -0.2) is 23.2 Å². The highest BCUT2D eigenvalue weighted by Gasteiger charge is 2.17. The van der Waals surface area contributed by atoms with Gasteiger partial charge in [0.2, 0.25) is 0 Å². The van der Waals surface area contributed by atoms with E-state index in [1.807, 2.05) is 30.5 Å². The summed E-state index contributed by atoms with van der Waals surface area (Å²) in [7, 11) is 0. The smallest absolute Gasteiger partial charge is 0.161 e. The van der Waals surface area contributed by atoms with E-state index in [-0.39, 0.29) is 6.04 Å². The zero-order valence-electron chi connectivity index (χ0n) is 15.4. The summed E-state index contributed by atoms with van der Waals surface area (Å²) >= 11 is 1.60. The molecule has 142 valence electrons. The predicted molar refractivity (Wildman–Crippen MR) is 112 cm³/mol. The number of aromatic nitrogens is 2. The number of aromatic amines is 1. The molecule has 3 N–H and O–H groups in total. The Kier molecular flexibility index (Phi) is 4.50. The molecular formula is C22H21N3O2S. The second kappa shape index (κ2) is 7.30. The SMILES string of the molecule is NC(Cc1c[nH]c2ccccc12)c1nc(-c2ccc3c(c2)OCCCO3)cs1. The van der Waals surface area contributed by atoms with Gasteiger partial charge in [0.05, 0.1) is 24.9 Å². The molecule has 0 saturated carbocycles. The van der Waals surface area contributed by atoms with E-state index in [1.54, 1.807) is 11.3 Å². The third kappa shape index (κ3) is 3.25. The van der Waals surface area contributed by atoms with Crippen LogP contribution in [0.25, 0.3) is 22.2 Å². The van der Waals surface area contributed by atoms with Gasteiger partial charge in [-0.15, -0.1) is 11.3 Å². The lowest BCUT2D eigenvalue weighted by Gasteiger charge is -2.09. The van der Waals surface area contributed by atoms with Crippen LogP contribution in [0.15, 0.2) is 54.0 Å². The molecule has 1 unspecified atom stereocenters. The molecule has 0 radical (unpaired) electrons. The van der Waals surface area contributed by atoms with Crippen LogP contribution in [0.5, 0.6) is 11.5 Å². The van der Waals surface area contributed by atoms with Gasteiger partial charge >= 0.3 is 0 Å². The highest BCUT2D eigenvalue weighted by molar-refractivity contribution is 7.10. The van der Waals surface area contributed by atoms with Gasteiger partial charge in [-0.3, -0.25) is 0 Å². The molecule has 1 aliphatic rings. The molecule has 0 amide bonds. The van der Waals surface area contributed by atoms with Crippen molar-refractivity contribution in [3.05, 3.63) is 64.6 Å². The van der Waals surface area contributed by atoms with E-state index in [2.05, 4.69) is 28.6 Å². The Balaban J connectivity index is 1.38. The number of fused-ring (bicyclic) bond motifs is 2. The molecule has 6 heteroatoms. The normalized spacial score (nSPS) is 14.8. The van der Waals surface area contributed by atoms with Crippen LogP contribution in [0.2, 0.25) is 0 Å². The number of thiazole rings is 1. The number of rotatable bonds is 4. The Morgan fingerprint density at radius 1 is 1.11 bits per heavy atom. The first-order valence-corrected chi connectivity index (χ1v) is 10.3. The van der Waals surface area contributed by atoms with E-state index in [0.29, 0.717) is 13.2 Å². The summed E-state index contributed by atoms with van der Waals surface area (Å²) in [5, 5.41) is 4.22. The highest BCUT2D eigenvalue weighted by atomic mass is 32.1. The maximum atomic E-state index is 6.49. The van der Waals surface area contributed by atoms with E-state index >= 15 is 0 Å². The Hall–Kier alpha value is -2.83. The average Bonchev–Trinajstić information content (AvgIpc) is 3.30. The second-order valence-electron chi connectivity index (χ2n) is 6.95. The first-order chi connectivity index (χ1) is 13.8. The van der Waals surface area contributed by atoms with Gasteiger partial charge in [-0.2, -0.15) is 0 Å². The molecule has 1 aliphatic heterocycles.